The Morgan fingerprint density at radius 2 is 1.92 bits per heavy atom. The van der Waals surface area contributed by atoms with E-state index in [2.05, 4.69) is 20.9 Å². The molecule has 1 aliphatic heterocycles. The Morgan fingerprint density at radius 1 is 1.23 bits per heavy atom. The van der Waals surface area contributed by atoms with E-state index in [0.717, 1.165) is 12.5 Å². The van der Waals surface area contributed by atoms with Gasteiger partial charge in [0.2, 0.25) is 0 Å². The Balaban J connectivity index is 1.97. The summed E-state index contributed by atoms with van der Waals surface area (Å²) in [6.07, 6.45) is 3.70. The second-order valence-corrected chi connectivity index (χ2v) is 14.3. The van der Waals surface area contributed by atoms with Gasteiger partial charge in [-0.2, -0.15) is 13.2 Å². The number of anilines is 1. The molecule has 2 radical (unpaired) electrons. The minimum atomic E-state index is -4.87. The number of esters is 1. The lowest BCUT2D eigenvalue weighted by molar-refractivity contribution is -0.200. The minimum Gasteiger partial charge on any atom is -0.455 e. The highest BCUT2D eigenvalue weighted by atomic mass is 19.4. The Kier molecular flexibility index (Phi) is 14.3. The van der Waals surface area contributed by atoms with Crippen LogP contribution in [0.3, 0.4) is 0 Å². The van der Waals surface area contributed by atoms with E-state index in [1.165, 1.54) is 27.9 Å². The van der Waals surface area contributed by atoms with Gasteiger partial charge in [-0.3, -0.25) is 9.48 Å². The molecule has 9 atom stereocenters. The number of terminal acetylenes is 1. The van der Waals surface area contributed by atoms with Gasteiger partial charge in [0.05, 0.1) is 25.7 Å². The number of rotatable bonds is 10. The SMILES string of the molecule is [B][C@@H]1[C@@H](C)C(=O)[C@](C)(F)C(=O)O[C@H](CC)[C@@](C)(OC#C)[C@H](NCCCCn2cc(-c3cccc(N)c3)nn2)[C@@H](C(F)(F)F)NC[C@H](C)C[C@@]1(C)OC. The standard InChI is InChI=1S/C36H51BF4N6O5/c1-9-27-35(7,51-10-2)29(43-16-11-12-17-47-21-26(45-46-47)24-14-13-15-25(42)18-24)30(36(39,40)41)44-20-22(3)19-33(5,50-8)28(37)23(4)31(48)34(6,38)32(49)52-27/h2,13-15,18,21-23,27-30,43-44H,9,11-12,16-17,19-20,42H2,1,3-8H3/t22-,23-,27-,28-,29-,30+,33-,34+,35-/m1/s1. The molecule has 0 unspecified atom stereocenters. The van der Waals surface area contributed by atoms with Crippen LogP contribution in [0, 0.1) is 24.4 Å². The highest BCUT2D eigenvalue weighted by Crippen LogP contribution is 2.40. The van der Waals surface area contributed by atoms with Crippen LogP contribution in [0.25, 0.3) is 11.3 Å². The molecule has 286 valence electrons. The largest absolute Gasteiger partial charge is 0.455 e. The van der Waals surface area contributed by atoms with Crippen LogP contribution in [-0.2, 0) is 30.3 Å². The van der Waals surface area contributed by atoms with Crippen molar-refractivity contribution in [3.05, 3.63) is 30.5 Å². The van der Waals surface area contributed by atoms with Crippen LogP contribution in [-0.4, -0.2) is 96.0 Å². The molecule has 0 bridgehead atoms. The molecule has 0 spiro atoms. The van der Waals surface area contributed by atoms with Gasteiger partial charge in [0.25, 0.3) is 5.67 Å². The lowest BCUT2D eigenvalue weighted by Gasteiger charge is -2.45. The summed E-state index contributed by atoms with van der Waals surface area (Å²) in [5.41, 5.74) is 1.31. The molecule has 3 rings (SSSR count). The summed E-state index contributed by atoms with van der Waals surface area (Å²) < 4.78 is 80.0. The van der Waals surface area contributed by atoms with E-state index in [-0.39, 0.29) is 25.9 Å². The van der Waals surface area contributed by atoms with Crippen molar-refractivity contribution in [1.82, 2.24) is 25.6 Å². The Morgan fingerprint density at radius 3 is 2.52 bits per heavy atom. The number of carbonyl (C=O) groups excluding carboxylic acids is 2. The van der Waals surface area contributed by atoms with Crippen molar-refractivity contribution in [3.63, 3.8) is 0 Å². The fourth-order valence-electron chi connectivity index (χ4n) is 6.94. The molecule has 1 saturated heterocycles. The number of aryl methyl sites for hydroxylation is 1. The first-order valence-corrected chi connectivity index (χ1v) is 17.4. The van der Waals surface area contributed by atoms with Crippen molar-refractivity contribution in [2.45, 2.75) is 121 Å². The summed E-state index contributed by atoms with van der Waals surface area (Å²) in [6.45, 7) is 8.52. The fraction of sp³-hybridized carbons (Fsp3) is 0.667. The van der Waals surface area contributed by atoms with Gasteiger partial charge in [0, 0.05) is 30.8 Å². The smallest absolute Gasteiger partial charge is 0.405 e. The Bertz CT molecular complexity index is 1550. The Hall–Kier alpha value is -3.68. The number of nitrogen functional groups attached to an aromatic ring is 1. The number of nitrogens with two attached hydrogens (primary N) is 1. The average Bonchev–Trinajstić information content (AvgIpc) is 3.56. The number of alkyl halides is 4. The summed E-state index contributed by atoms with van der Waals surface area (Å²) in [6, 6.07) is 3.22. The summed E-state index contributed by atoms with van der Waals surface area (Å²) in [5, 5.41) is 14.0. The lowest BCUT2D eigenvalue weighted by Crippen LogP contribution is -2.69. The molecule has 52 heavy (non-hydrogen) atoms. The van der Waals surface area contributed by atoms with E-state index in [4.69, 9.17) is 34.2 Å². The molecule has 2 heterocycles. The number of hydrogen-bond acceptors (Lipinski definition) is 10. The number of nitrogens with zero attached hydrogens (tertiary/aromatic N) is 3. The zero-order valence-electron chi connectivity index (χ0n) is 30.9. The number of aromatic nitrogens is 3. The Labute approximate surface area is 304 Å². The number of cyclic esters (lactones) is 1. The highest BCUT2D eigenvalue weighted by molar-refractivity contribution is 6.17. The van der Waals surface area contributed by atoms with Crippen molar-refractivity contribution in [2.75, 3.05) is 25.9 Å². The molecule has 4 N–H and O–H groups in total. The predicted molar refractivity (Wildman–Crippen MR) is 190 cm³/mol. The number of hydrogen-bond donors (Lipinski definition) is 3. The van der Waals surface area contributed by atoms with Gasteiger partial charge in [-0.1, -0.05) is 44.5 Å². The van der Waals surface area contributed by atoms with E-state index >= 15 is 17.6 Å². The molecular formula is C36H51BF4N6O5. The number of nitrogens with one attached hydrogen (secondary N) is 2. The van der Waals surface area contributed by atoms with Crippen LogP contribution in [0.1, 0.15) is 67.2 Å². The van der Waals surface area contributed by atoms with E-state index in [1.807, 2.05) is 12.2 Å². The molecular weight excluding hydrogens is 683 g/mol. The number of benzene rings is 1. The number of Topliss-reactive ketones (excluding diaryl/α,β-unsaturated/α-hetero) is 1. The number of methoxy groups -OCH3 is 1. The van der Waals surface area contributed by atoms with Crippen molar-refractivity contribution >= 4 is 25.3 Å². The molecule has 16 heteroatoms. The second kappa shape index (κ2) is 17.4. The maximum Gasteiger partial charge on any atom is 0.405 e. The van der Waals surface area contributed by atoms with E-state index in [9.17, 15) is 9.59 Å². The summed E-state index contributed by atoms with van der Waals surface area (Å²) in [4.78, 5) is 26.9. The third kappa shape index (κ3) is 9.84. The van der Waals surface area contributed by atoms with Crippen LogP contribution < -0.4 is 16.4 Å². The third-order valence-electron chi connectivity index (χ3n) is 10.2. The van der Waals surface area contributed by atoms with Gasteiger partial charge in [-0.15, -0.1) is 5.10 Å². The van der Waals surface area contributed by atoms with Crippen LogP contribution in [0.15, 0.2) is 30.5 Å². The van der Waals surface area contributed by atoms with E-state index in [0.29, 0.717) is 30.8 Å². The van der Waals surface area contributed by atoms with Crippen molar-refractivity contribution < 1.29 is 41.4 Å². The minimum absolute atomic E-state index is 0.0482. The summed E-state index contributed by atoms with van der Waals surface area (Å²) in [7, 11) is 7.79. The molecule has 0 amide bonds. The molecule has 1 fully saturated rings. The molecule has 0 saturated carbocycles. The summed E-state index contributed by atoms with van der Waals surface area (Å²) >= 11 is 0. The van der Waals surface area contributed by atoms with Gasteiger partial charge in [-0.25, -0.2) is 9.18 Å². The van der Waals surface area contributed by atoms with E-state index in [1.54, 1.807) is 42.9 Å². The molecule has 1 aliphatic rings. The predicted octanol–water partition coefficient (Wildman–Crippen LogP) is 4.81. The number of ketones is 1. The monoisotopic (exact) mass is 734 g/mol. The number of halogens is 4. The zero-order valence-corrected chi connectivity index (χ0v) is 30.9. The molecule has 11 nitrogen and oxygen atoms in total. The second-order valence-electron chi connectivity index (χ2n) is 14.3. The maximum absolute atomic E-state index is 16.2. The van der Waals surface area contributed by atoms with Crippen molar-refractivity contribution in [3.8, 4) is 23.8 Å². The van der Waals surface area contributed by atoms with Gasteiger partial charge in [0.1, 0.15) is 23.9 Å². The number of carbonyl (C=O) groups is 2. The fourth-order valence-corrected chi connectivity index (χ4v) is 6.94. The number of unbranched alkanes of at least 4 members (excludes halogenated alkanes) is 1. The van der Waals surface area contributed by atoms with Crippen LogP contribution in [0.5, 0.6) is 0 Å². The van der Waals surface area contributed by atoms with Gasteiger partial charge in [0.15, 0.2) is 11.4 Å². The first-order valence-electron chi connectivity index (χ1n) is 17.4. The van der Waals surface area contributed by atoms with Crippen molar-refractivity contribution in [1.29, 1.82) is 0 Å². The maximum atomic E-state index is 16.2. The van der Waals surface area contributed by atoms with E-state index < -0.39 is 70.6 Å². The topological polar surface area (TPSA) is 143 Å². The lowest BCUT2D eigenvalue weighted by atomic mass is 9.62. The molecule has 1 aromatic carbocycles. The average molecular weight is 735 g/mol. The highest BCUT2D eigenvalue weighted by Gasteiger charge is 2.58. The normalized spacial score (nSPS) is 32.7. The number of ether oxygens (including phenoxy) is 3. The first kappa shape index (κ1) is 42.7. The third-order valence-corrected chi connectivity index (χ3v) is 10.2. The first-order chi connectivity index (χ1) is 24.2. The summed E-state index contributed by atoms with van der Waals surface area (Å²) in [5.74, 6) is -5.58. The zero-order chi connectivity index (χ0) is 39.1. The van der Waals surface area contributed by atoms with Crippen LogP contribution in [0.4, 0.5) is 23.2 Å². The van der Waals surface area contributed by atoms with Gasteiger partial charge >= 0.3 is 12.1 Å². The molecule has 1 aromatic heterocycles. The quantitative estimate of drug-likeness (QED) is 0.0593. The van der Waals surface area contributed by atoms with Crippen molar-refractivity contribution in [2.24, 2.45) is 11.8 Å². The van der Waals surface area contributed by atoms with Gasteiger partial charge < -0.3 is 30.6 Å². The molecule has 0 aliphatic carbocycles. The molecule has 2 aromatic rings. The van der Waals surface area contributed by atoms with Crippen LogP contribution in [0.2, 0.25) is 5.82 Å². The van der Waals surface area contributed by atoms with Crippen LogP contribution >= 0.6 is 0 Å². The van der Waals surface area contributed by atoms with Gasteiger partial charge in [-0.05, 0) is 83.4 Å².